The lowest BCUT2D eigenvalue weighted by molar-refractivity contribution is 0.0930. The van der Waals surface area contributed by atoms with E-state index in [4.69, 9.17) is 4.99 Å². The Morgan fingerprint density at radius 2 is 1.81 bits per heavy atom. The molecule has 0 aromatic heterocycles. The Balaban J connectivity index is 0.00000222. The van der Waals surface area contributed by atoms with Gasteiger partial charge in [-0.2, -0.15) is 0 Å². The maximum absolute atomic E-state index is 12.8. The highest BCUT2D eigenvalue weighted by Crippen LogP contribution is 2.35. The molecule has 4 heteroatoms. The molecular weight excluding hydrogens is 444 g/mol. The number of nitrogens with one attached hydrogen (secondary N) is 1. The number of hydrogen-bond acceptors (Lipinski definition) is 3. The van der Waals surface area contributed by atoms with E-state index in [1.807, 2.05) is 26.1 Å². The number of aliphatic imine (C=N–C) groups is 1. The van der Waals surface area contributed by atoms with Crippen molar-refractivity contribution in [1.29, 1.82) is 0 Å². The zero-order valence-electron chi connectivity index (χ0n) is 23.4. The van der Waals surface area contributed by atoms with Crippen LogP contribution in [0.1, 0.15) is 105 Å². The monoisotopic (exact) mass is 490 g/mol. The number of nitrogens with zero attached hydrogens (tertiary/aromatic N) is 1. The summed E-state index contributed by atoms with van der Waals surface area (Å²) in [6.07, 6.45) is 9.93. The predicted molar refractivity (Wildman–Crippen MR) is 153 cm³/mol. The molecule has 0 saturated carbocycles. The summed E-state index contributed by atoms with van der Waals surface area (Å²) in [6, 6.07) is 12.1. The first kappa shape index (κ1) is 29.4. The first-order valence-electron chi connectivity index (χ1n) is 13.8. The average molecular weight is 491 g/mol. The van der Waals surface area contributed by atoms with E-state index < -0.39 is 0 Å². The molecule has 2 aromatic rings. The quantitative estimate of drug-likeness (QED) is 0.354. The molecule has 1 aliphatic rings. The number of phenols is 1. The molecule has 0 bridgehead atoms. The summed E-state index contributed by atoms with van der Waals surface area (Å²) in [4.78, 5) is 17.6. The molecule has 2 unspecified atom stereocenters. The van der Waals surface area contributed by atoms with Crippen LogP contribution in [0.2, 0.25) is 0 Å². The van der Waals surface area contributed by atoms with Crippen molar-refractivity contribution in [3.05, 3.63) is 76.0 Å². The summed E-state index contributed by atoms with van der Waals surface area (Å²) >= 11 is 0. The van der Waals surface area contributed by atoms with E-state index >= 15 is 0 Å². The highest BCUT2D eigenvalue weighted by molar-refractivity contribution is 5.97. The fourth-order valence-corrected chi connectivity index (χ4v) is 4.77. The number of benzene rings is 2. The summed E-state index contributed by atoms with van der Waals surface area (Å²) in [6.45, 7) is 14.7. The van der Waals surface area contributed by atoms with Gasteiger partial charge >= 0.3 is 0 Å². The lowest BCUT2D eigenvalue weighted by atomic mass is 9.84. The lowest BCUT2D eigenvalue weighted by Crippen LogP contribution is -2.34. The van der Waals surface area contributed by atoms with E-state index in [-0.39, 0.29) is 23.6 Å². The van der Waals surface area contributed by atoms with Gasteiger partial charge in [0.2, 0.25) is 0 Å². The zero-order chi connectivity index (χ0) is 26.7. The highest BCUT2D eigenvalue weighted by Gasteiger charge is 2.23. The topological polar surface area (TPSA) is 61.7 Å². The first-order valence-corrected chi connectivity index (χ1v) is 13.8. The van der Waals surface area contributed by atoms with Crippen molar-refractivity contribution < 1.29 is 9.90 Å². The minimum atomic E-state index is -0.199. The third-order valence-corrected chi connectivity index (χ3v) is 6.91. The zero-order valence-corrected chi connectivity index (χ0v) is 23.4. The van der Waals surface area contributed by atoms with Crippen LogP contribution in [0.25, 0.3) is 0 Å². The smallest absolute Gasteiger partial charge is 0.255 e. The molecule has 4 nitrogen and oxygen atoms in total. The van der Waals surface area contributed by atoms with Crippen molar-refractivity contribution in [2.45, 2.75) is 99.0 Å². The lowest BCUT2D eigenvalue weighted by Gasteiger charge is -2.24. The van der Waals surface area contributed by atoms with Crippen LogP contribution in [-0.2, 0) is 6.42 Å². The van der Waals surface area contributed by atoms with Gasteiger partial charge < -0.3 is 10.4 Å². The summed E-state index contributed by atoms with van der Waals surface area (Å²) in [5, 5.41) is 13.9. The molecule has 0 fully saturated rings. The molecule has 1 aliphatic heterocycles. The molecule has 1 amide bonds. The number of allylic oxidation sites excluding steroid dienone is 2. The van der Waals surface area contributed by atoms with Gasteiger partial charge in [0.05, 0.1) is 5.56 Å². The standard InChI is InChI=1S/C30H40N2O2.C2H6/c1-6-9-24(10-7-2)32-30(34)26-15-14-23(18-29(26)33)17-27(28-16-13-20(3)19-31-28)25-12-8-11-21(4)22(25)5;1-2/h8,11-12,14-16,18-20,24,27,33H,6-7,9-10,13,17H2,1-5H3,(H,32,34);1-2H3. The van der Waals surface area contributed by atoms with E-state index in [1.165, 1.54) is 16.7 Å². The normalized spacial score (nSPS) is 15.7. The van der Waals surface area contributed by atoms with E-state index in [1.54, 1.807) is 12.1 Å². The van der Waals surface area contributed by atoms with Gasteiger partial charge in [-0.15, -0.1) is 0 Å². The van der Waals surface area contributed by atoms with Crippen LogP contribution in [0.15, 0.2) is 53.2 Å². The molecule has 196 valence electrons. The third kappa shape index (κ3) is 7.81. The van der Waals surface area contributed by atoms with Crippen LogP contribution in [0.3, 0.4) is 0 Å². The molecule has 2 atom stereocenters. The predicted octanol–water partition coefficient (Wildman–Crippen LogP) is 8.05. The number of carbonyl (C=O) groups excluding carboxylic acids is 1. The SMILES string of the molecule is CC.CCCC(CCC)NC(=O)c1ccc(CC(C2=CCC(C)C=N2)c2cccc(C)c2C)cc1O. The van der Waals surface area contributed by atoms with Gasteiger partial charge in [-0.1, -0.05) is 77.8 Å². The second kappa shape index (κ2) is 14.6. The molecule has 1 heterocycles. The van der Waals surface area contributed by atoms with Gasteiger partial charge in [-0.05, 0) is 79.8 Å². The van der Waals surface area contributed by atoms with E-state index in [0.717, 1.165) is 43.4 Å². The number of phenolic OH excluding ortho intramolecular Hbond substituents is 1. The molecular formula is C32H46N2O2. The van der Waals surface area contributed by atoms with Gasteiger partial charge in [0.25, 0.3) is 5.91 Å². The highest BCUT2D eigenvalue weighted by atomic mass is 16.3. The van der Waals surface area contributed by atoms with Crippen molar-refractivity contribution in [3.63, 3.8) is 0 Å². The molecule has 0 radical (unpaired) electrons. The second-order valence-corrected chi connectivity index (χ2v) is 9.77. The molecule has 36 heavy (non-hydrogen) atoms. The van der Waals surface area contributed by atoms with E-state index in [9.17, 15) is 9.90 Å². The fraction of sp³-hybridized carbons (Fsp3) is 0.500. The van der Waals surface area contributed by atoms with Crippen LogP contribution < -0.4 is 5.32 Å². The Hall–Kier alpha value is -2.88. The van der Waals surface area contributed by atoms with Gasteiger partial charge in [0, 0.05) is 23.9 Å². The largest absolute Gasteiger partial charge is 0.507 e. The second-order valence-electron chi connectivity index (χ2n) is 9.77. The van der Waals surface area contributed by atoms with E-state index in [2.05, 4.69) is 64.2 Å². The van der Waals surface area contributed by atoms with E-state index in [0.29, 0.717) is 17.9 Å². The average Bonchev–Trinajstić information content (AvgIpc) is 2.86. The van der Waals surface area contributed by atoms with Gasteiger partial charge in [0.15, 0.2) is 0 Å². The fourth-order valence-electron chi connectivity index (χ4n) is 4.77. The number of aromatic hydroxyl groups is 1. The maximum atomic E-state index is 12.8. The summed E-state index contributed by atoms with van der Waals surface area (Å²) < 4.78 is 0. The van der Waals surface area contributed by atoms with Crippen LogP contribution in [0.4, 0.5) is 0 Å². The molecule has 0 saturated heterocycles. The van der Waals surface area contributed by atoms with Gasteiger partial charge in [-0.3, -0.25) is 9.79 Å². The number of hydrogen-bond donors (Lipinski definition) is 2. The van der Waals surface area contributed by atoms with Crippen molar-refractivity contribution in [3.8, 4) is 5.75 Å². The van der Waals surface area contributed by atoms with Crippen molar-refractivity contribution in [2.24, 2.45) is 10.9 Å². The molecule has 0 aliphatic carbocycles. The minimum absolute atomic E-state index is 0.0382. The summed E-state index contributed by atoms with van der Waals surface area (Å²) in [7, 11) is 0. The van der Waals surface area contributed by atoms with Crippen molar-refractivity contribution in [2.75, 3.05) is 0 Å². The van der Waals surface area contributed by atoms with Gasteiger partial charge in [-0.25, -0.2) is 0 Å². The maximum Gasteiger partial charge on any atom is 0.255 e. The first-order chi connectivity index (χ1) is 17.3. The molecule has 3 rings (SSSR count). The van der Waals surface area contributed by atoms with Crippen molar-refractivity contribution >= 4 is 12.1 Å². The Morgan fingerprint density at radius 3 is 2.39 bits per heavy atom. The summed E-state index contributed by atoms with van der Waals surface area (Å²) in [5.41, 5.74) is 6.22. The number of carbonyl (C=O) groups is 1. The Morgan fingerprint density at radius 1 is 1.11 bits per heavy atom. The third-order valence-electron chi connectivity index (χ3n) is 6.91. The van der Waals surface area contributed by atoms with Crippen LogP contribution >= 0.6 is 0 Å². The molecule has 2 N–H and O–H groups in total. The molecule has 0 spiro atoms. The summed E-state index contributed by atoms with van der Waals surface area (Å²) in [5.74, 6) is 0.391. The Bertz CT molecular complexity index is 1050. The van der Waals surface area contributed by atoms with Crippen LogP contribution in [0, 0.1) is 19.8 Å². The minimum Gasteiger partial charge on any atom is -0.507 e. The number of amides is 1. The number of aryl methyl sites for hydroxylation is 1. The number of rotatable bonds is 10. The van der Waals surface area contributed by atoms with Gasteiger partial charge in [0.1, 0.15) is 5.75 Å². The molecule has 2 aromatic carbocycles. The van der Waals surface area contributed by atoms with Crippen LogP contribution in [-0.4, -0.2) is 23.3 Å². The Kier molecular flexibility index (Phi) is 11.9. The van der Waals surface area contributed by atoms with Crippen molar-refractivity contribution in [1.82, 2.24) is 5.32 Å². The van der Waals surface area contributed by atoms with Crippen LogP contribution in [0.5, 0.6) is 5.75 Å². The Labute approximate surface area is 218 Å².